The highest BCUT2D eigenvalue weighted by atomic mass is 16.2. The van der Waals surface area contributed by atoms with Gasteiger partial charge in [0.2, 0.25) is 5.91 Å². The van der Waals surface area contributed by atoms with Gasteiger partial charge in [0.1, 0.15) is 0 Å². The summed E-state index contributed by atoms with van der Waals surface area (Å²) in [6.07, 6.45) is 11.1. The molecule has 0 aromatic heterocycles. The van der Waals surface area contributed by atoms with Crippen molar-refractivity contribution >= 4 is 12.0 Å². The molecule has 0 aliphatic heterocycles. The molecule has 0 fully saturated rings. The van der Waals surface area contributed by atoms with Crippen molar-refractivity contribution in [1.82, 2.24) is 4.90 Å². The Morgan fingerprint density at radius 2 is 1.58 bits per heavy atom. The van der Waals surface area contributed by atoms with E-state index in [0.29, 0.717) is 18.2 Å². The molecular formula is C24H39NO. The first-order chi connectivity index (χ1) is 12.6. The Labute approximate surface area is 161 Å². The first-order valence-electron chi connectivity index (χ1n) is 10.6. The van der Waals surface area contributed by atoms with Gasteiger partial charge in [0.05, 0.1) is 0 Å². The summed E-state index contributed by atoms with van der Waals surface area (Å²) in [6, 6.07) is 10.5. The predicted molar refractivity (Wildman–Crippen MR) is 114 cm³/mol. The van der Waals surface area contributed by atoms with Crippen LogP contribution < -0.4 is 0 Å². The van der Waals surface area contributed by atoms with Gasteiger partial charge in [-0.2, -0.15) is 0 Å². The molecule has 146 valence electrons. The van der Waals surface area contributed by atoms with Crippen molar-refractivity contribution in [3.05, 3.63) is 41.5 Å². The number of hydrogen-bond donors (Lipinski definition) is 0. The second kappa shape index (κ2) is 13.6. The monoisotopic (exact) mass is 357 g/mol. The lowest BCUT2D eigenvalue weighted by molar-refractivity contribution is -0.131. The van der Waals surface area contributed by atoms with Crippen molar-refractivity contribution < 1.29 is 4.79 Å². The van der Waals surface area contributed by atoms with E-state index in [0.717, 1.165) is 38.8 Å². The molecule has 0 spiro atoms. The van der Waals surface area contributed by atoms with Crippen LogP contribution in [0.2, 0.25) is 0 Å². The van der Waals surface area contributed by atoms with E-state index in [1.165, 1.54) is 30.4 Å². The van der Waals surface area contributed by atoms with Crippen LogP contribution in [0.1, 0.15) is 84.6 Å². The lowest BCUT2D eigenvalue weighted by Gasteiger charge is -2.26. The number of amides is 1. The van der Waals surface area contributed by atoms with E-state index in [4.69, 9.17) is 0 Å². The molecule has 1 amide bonds. The molecule has 2 heteroatoms. The second-order valence-corrected chi connectivity index (χ2v) is 7.80. The quantitative estimate of drug-likeness (QED) is 0.359. The van der Waals surface area contributed by atoms with Gasteiger partial charge < -0.3 is 4.90 Å². The van der Waals surface area contributed by atoms with Crippen molar-refractivity contribution in [2.45, 2.75) is 79.1 Å². The predicted octanol–water partition coefficient (Wildman–Crippen LogP) is 6.72. The van der Waals surface area contributed by atoms with Gasteiger partial charge in [-0.05, 0) is 30.7 Å². The molecule has 0 saturated carbocycles. The van der Waals surface area contributed by atoms with Crippen molar-refractivity contribution in [2.24, 2.45) is 5.92 Å². The van der Waals surface area contributed by atoms with Crippen LogP contribution in [0.25, 0.3) is 6.08 Å². The minimum atomic E-state index is 0.321. The van der Waals surface area contributed by atoms with E-state index < -0.39 is 0 Å². The fourth-order valence-electron chi connectivity index (χ4n) is 3.21. The SMILES string of the molecule is CCCCCC(=O)N(CC(=Cc1ccccc1)CCCCC)CC(C)C. The summed E-state index contributed by atoms with van der Waals surface area (Å²) in [6.45, 7) is 10.5. The van der Waals surface area contributed by atoms with Crippen LogP contribution in [-0.2, 0) is 4.79 Å². The van der Waals surface area contributed by atoms with Crippen LogP contribution in [0.15, 0.2) is 35.9 Å². The highest BCUT2D eigenvalue weighted by Gasteiger charge is 2.16. The van der Waals surface area contributed by atoms with E-state index in [2.05, 4.69) is 69.0 Å². The van der Waals surface area contributed by atoms with Crippen LogP contribution in [0.5, 0.6) is 0 Å². The largest absolute Gasteiger partial charge is 0.338 e. The number of rotatable bonds is 13. The first kappa shape index (κ1) is 22.5. The molecule has 0 aliphatic carbocycles. The van der Waals surface area contributed by atoms with Gasteiger partial charge in [-0.3, -0.25) is 4.79 Å². The first-order valence-corrected chi connectivity index (χ1v) is 10.6. The van der Waals surface area contributed by atoms with Gasteiger partial charge in [-0.25, -0.2) is 0 Å². The van der Waals surface area contributed by atoms with E-state index in [1.807, 2.05) is 0 Å². The Hall–Kier alpha value is -1.57. The van der Waals surface area contributed by atoms with Gasteiger partial charge in [-0.1, -0.05) is 95.4 Å². The van der Waals surface area contributed by atoms with Gasteiger partial charge in [0.15, 0.2) is 0 Å². The Kier molecular flexibility index (Phi) is 11.8. The van der Waals surface area contributed by atoms with Crippen LogP contribution in [0, 0.1) is 5.92 Å². The van der Waals surface area contributed by atoms with Crippen molar-refractivity contribution in [1.29, 1.82) is 0 Å². The van der Waals surface area contributed by atoms with Crippen LogP contribution in [0.4, 0.5) is 0 Å². The summed E-state index contributed by atoms with van der Waals surface area (Å²) < 4.78 is 0. The third kappa shape index (κ3) is 9.79. The molecule has 1 aromatic carbocycles. The maximum atomic E-state index is 12.8. The Bertz CT molecular complexity index is 518. The van der Waals surface area contributed by atoms with Crippen LogP contribution in [-0.4, -0.2) is 23.9 Å². The topological polar surface area (TPSA) is 20.3 Å². The number of unbranched alkanes of at least 4 members (excludes halogenated alkanes) is 4. The Morgan fingerprint density at radius 1 is 0.962 bits per heavy atom. The summed E-state index contributed by atoms with van der Waals surface area (Å²) in [5.74, 6) is 0.820. The van der Waals surface area contributed by atoms with Crippen LogP contribution >= 0.6 is 0 Å². The average Bonchev–Trinajstić information content (AvgIpc) is 2.62. The summed E-state index contributed by atoms with van der Waals surface area (Å²) in [4.78, 5) is 14.9. The lowest BCUT2D eigenvalue weighted by atomic mass is 10.0. The molecule has 0 bridgehead atoms. The molecule has 1 aromatic rings. The minimum absolute atomic E-state index is 0.321. The molecule has 1 rings (SSSR count). The maximum Gasteiger partial charge on any atom is 0.222 e. The zero-order valence-corrected chi connectivity index (χ0v) is 17.5. The fourth-order valence-corrected chi connectivity index (χ4v) is 3.21. The molecule has 2 nitrogen and oxygen atoms in total. The number of benzene rings is 1. The zero-order chi connectivity index (χ0) is 19.2. The number of carbonyl (C=O) groups is 1. The third-order valence-corrected chi connectivity index (χ3v) is 4.60. The van der Waals surface area contributed by atoms with E-state index in [-0.39, 0.29) is 0 Å². The van der Waals surface area contributed by atoms with Gasteiger partial charge in [-0.15, -0.1) is 0 Å². The van der Waals surface area contributed by atoms with E-state index >= 15 is 0 Å². The molecule has 0 unspecified atom stereocenters. The normalized spacial score (nSPS) is 11.8. The highest BCUT2D eigenvalue weighted by molar-refractivity contribution is 5.76. The van der Waals surface area contributed by atoms with Crippen molar-refractivity contribution in [3.8, 4) is 0 Å². The van der Waals surface area contributed by atoms with Gasteiger partial charge in [0.25, 0.3) is 0 Å². The van der Waals surface area contributed by atoms with Crippen molar-refractivity contribution in [2.75, 3.05) is 13.1 Å². The molecule has 26 heavy (non-hydrogen) atoms. The average molecular weight is 358 g/mol. The number of carbonyl (C=O) groups excluding carboxylic acids is 1. The number of hydrogen-bond acceptors (Lipinski definition) is 1. The standard InChI is InChI=1S/C24H39NO/c1-5-7-10-16-23(18-22-14-12-9-13-15-22)20-25(19-21(3)4)24(26)17-11-8-6-2/h9,12-15,18,21H,5-8,10-11,16-17,19-20H2,1-4H3. The zero-order valence-electron chi connectivity index (χ0n) is 17.5. The molecular weight excluding hydrogens is 318 g/mol. The van der Waals surface area contributed by atoms with E-state index in [9.17, 15) is 4.79 Å². The highest BCUT2D eigenvalue weighted by Crippen LogP contribution is 2.17. The van der Waals surface area contributed by atoms with Crippen LogP contribution in [0.3, 0.4) is 0 Å². The molecule has 0 aliphatic rings. The molecule has 0 heterocycles. The van der Waals surface area contributed by atoms with E-state index in [1.54, 1.807) is 0 Å². The minimum Gasteiger partial charge on any atom is -0.338 e. The molecule has 0 saturated heterocycles. The Morgan fingerprint density at radius 3 is 2.15 bits per heavy atom. The molecule has 0 radical (unpaired) electrons. The summed E-state index contributed by atoms with van der Waals surface area (Å²) in [5.41, 5.74) is 2.62. The summed E-state index contributed by atoms with van der Waals surface area (Å²) in [7, 11) is 0. The van der Waals surface area contributed by atoms with Gasteiger partial charge >= 0.3 is 0 Å². The fraction of sp³-hybridized carbons (Fsp3) is 0.625. The molecule has 0 N–H and O–H groups in total. The lowest BCUT2D eigenvalue weighted by Crippen LogP contribution is -2.35. The molecule has 0 atom stereocenters. The van der Waals surface area contributed by atoms with Gasteiger partial charge in [0, 0.05) is 19.5 Å². The van der Waals surface area contributed by atoms with Crippen molar-refractivity contribution in [3.63, 3.8) is 0 Å². The maximum absolute atomic E-state index is 12.8. The summed E-state index contributed by atoms with van der Waals surface area (Å²) in [5, 5.41) is 0. The number of nitrogens with zero attached hydrogens (tertiary/aromatic N) is 1. The Balaban J connectivity index is 2.86. The summed E-state index contributed by atoms with van der Waals surface area (Å²) >= 11 is 0. The third-order valence-electron chi connectivity index (χ3n) is 4.60. The second-order valence-electron chi connectivity index (χ2n) is 7.80. The smallest absolute Gasteiger partial charge is 0.222 e.